The smallest absolute Gasteiger partial charge is 0.277 e. The lowest BCUT2D eigenvalue weighted by atomic mass is 10.0. The van der Waals surface area contributed by atoms with E-state index in [1.807, 2.05) is 30.3 Å². The fourth-order valence-electron chi connectivity index (χ4n) is 3.20. The number of benzene rings is 1. The van der Waals surface area contributed by atoms with Gasteiger partial charge in [0, 0.05) is 20.2 Å². The Hall–Kier alpha value is -2.18. The van der Waals surface area contributed by atoms with Crippen molar-refractivity contribution in [2.24, 2.45) is 0 Å². The Kier molecular flexibility index (Phi) is 4.97. The number of nitrogens with zero attached hydrogens (tertiary/aromatic N) is 2. The highest BCUT2D eigenvalue weighted by Crippen LogP contribution is 2.31. The second-order valence-electron chi connectivity index (χ2n) is 6.09. The van der Waals surface area contributed by atoms with E-state index < -0.39 is 0 Å². The average Bonchev–Trinajstić information content (AvgIpc) is 3.18. The van der Waals surface area contributed by atoms with Crippen molar-refractivity contribution in [3.05, 3.63) is 41.6 Å². The molecule has 1 aromatic carbocycles. The summed E-state index contributed by atoms with van der Waals surface area (Å²) in [5.74, 6) is -0.605. The van der Waals surface area contributed by atoms with E-state index in [2.05, 4.69) is 0 Å². The third-order valence-electron chi connectivity index (χ3n) is 4.43. The molecule has 2 heterocycles. The van der Waals surface area contributed by atoms with Crippen LogP contribution in [0.1, 0.15) is 18.4 Å². The summed E-state index contributed by atoms with van der Waals surface area (Å²) in [5, 5.41) is 9.21. The first-order chi connectivity index (χ1) is 11.6. The third kappa shape index (κ3) is 3.07. The molecule has 0 spiro atoms. The van der Waals surface area contributed by atoms with Gasteiger partial charge in [0.2, 0.25) is 0 Å². The molecule has 2 amide bonds. The van der Waals surface area contributed by atoms with Gasteiger partial charge in [0.15, 0.2) is 0 Å². The number of imide groups is 1. The molecule has 0 bridgehead atoms. The van der Waals surface area contributed by atoms with Crippen LogP contribution in [0.25, 0.3) is 5.57 Å². The lowest BCUT2D eigenvalue weighted by molar-refractivity contribution is -0.139. The first-order valence-corrected chi connectivity index (χ1v) is 8.23. The average molecular weight is 330 g/mol. The highest BCUT2D eigenvalue weighted by Gasteiger charge is 2.41. The molecule has 0 radical (unpaired) electrons. The summed E-state index contributed by atoms with van der Waals surface area (Å²) in [6.07, 6.45) is 1.73. The Bertz CT molecular complexity index is 650. The van der Waals surface area contributed by atoms with Gasteiger partial charge >= 0.3 is 0 Å². The van der Waals surface area contributed by atoms with Crippen LogP contribution in [0.15, 0.2) is 36.0 Å². The highest BCUT2D eigenvalue weighted by molar-refractivity contribution is 6.35. The summed E-state index contributed by atoms with van der Waals surface area (Å²) >= 11 is 0. The van der Waals surface area contributed by atoms with Gasteiger partial charge in [-0.2, -0.15) is 0 Å². The van der Waals surface area contributed by atoms with Gasteiger partial charge in [-0.1, -0.05) is 30.3 Å². The van der Waals surface area contributed by atoms with Gasteiger partial charge in [-0.05, 0) is 18.4 Å². The number of rotatable bonds is 6. The molecule has 1 fully saturated rings. The predicted molar refractivity (Wildman–Crippen MR) is 88.8 cm³/mol. The van der Waals surface area contributed by atoms with Crippen LogP contribution < -0.4 is 0 Å². The largest absolute Gasteiger partial charge is 0.395 e. The fraction of sp³-hybridized carbons (Fsp3) is 0.444. The zero-order chi connectivity index (χ0) is 17.1. The van der Waals surface area contributed by atoms with Gasteiger partial charge < -0.3 is 14.7 Å². The summed E-state index contributed by atoms with van der Waals surface area (Å²) in [7, 11) is 1.72. The number of amides is 2. The first kappa shape index (κ1) is 16.7. The number of hydrogen-bond donors (Lipinski definition) is 1. The van der Waals surface area contributed by atoms with Crippen molar-refractivity contribution in [3.8, 4) is 0 Å². The molecule has 1 aromatic rings. The molecule has 2 aliphatic heterocycles. The topological polar surface area (TPSA) is 70.1 Å². The molecule has 24 heavy (non-hydrogen) atoms. The molecule has 0 saturated carbocycles. The molecule has 3 rings (SSSR count). The number of carbonyl (C=O) groups is 2. The van der Waals surface area contributed by atoms with Crippen molar-refractivity contribution in [2.45, 2.75) is 18.9 Å². The van der Waals surface area contributed by atoms with Crippen LogP contribution in [0, 0.1) is 0 Å². The molecule has 1 N–H and O–H groups in total. The highest BCUT2D eigenvalue weighted by atomic mass is 16.5. The maximum Gasteiger partial charge on any atom is 0.277 e. The summed E-state index contributed by atoms with van der Waals surface area (Å²) in [5.41, 5.74) is 1.46. The van der Waals surface area contributed by atoms with E-state index in [0.717, 1.165) is 12.8 Å². The standard InChI is InChI=1S/C18H22N2O4/c1-19(9-10-21)16-15(13-6-3-2-4-7-13)17(22)20(18(16)23)12-14-8-5-11-24-14/h2-4,6-7,14,21H,5,8-12H2,1H3. The molecule has 6 heteroatoms. The monoisotopic (exact) mass is 330 g/mol. The number of aliphatic hydroxyl groups excluding tert-OH is 1. The lowest BCUT2D eigenvalue weighted by Gasteiger charge is -2.22. The Morgan fingerprint density at radius 3 is 2.62 bits per heavy atom. The Morgan fingerprint density at radius 2 is 2.00 bits per heavy atom. The van der Waals surface area contributed by atoms with Crippen molar-refractivity contribution < 1.29 is 19.4 Å². The van der Waals surface area contributed by atoms with Gasteiger partial charge in [0.05, 0.1) is 24.8 Å². The molecule has 1 saturated heterocycles. The lowest BCUT2D eigenvalue weighted by Crippen LogP contribution is -2.39. The van der Waals surface area contributed by atoms with Crippen LogP contribution >= 0.6 is 0 Å². The van der Waals surface area contributed by atoms with Crippen molar-refractivity contribution in [3.63, 3.8) is 0 Å². The quantitative estimate of drug-likeness (QED) is 0.784. The van der Waals surface area contributed by atoms with Crippen molar-refractivity contribution in [1.29, 1.82) is 0 Å². The van der Waals surface area contributed by atoms with Crippen LogP contribution in [0.4, 0.5) is 0 Å². The number of likely N-dealkylation sites (N-methyl/N-ethyl adjacent to an activating group) is 1. The van der Waals surface area contributed by atoms with E-state index in [0.29, 0.717) is 30.0 Å². The zero-order valence-corrected chi connectivity index (χ0v) is 13.8. The maximum absolute atomic E-state index is 12.9. The number of hydrogen-bond acceptors (Lipinski definition) is 5. The molecule has 0 aliphatic carbocycles. The minimum atomic E-state index is -0.315. The summed E-state index contributed by atoms with van der Waals surface area (Å²) in [6, 6.07) is 9.19. The van der Waals surface area contributed by atoms with Crippen LogP contribution in [-0.2, 0) is 14.3 Å². The minimum absolute atomic E-state index is 0.0857. The van der Waals surface area contributed by atoms with Gasteiger partial charge in [0.1, 0.15) is 5.70 Å². The van der Waals surface area contributed by atoms with Crippen molar-refractivity contribution >= 4 is 17.4 Å². The van der Waals surface area contributed by atoms with Crippen molar-refractivity contribution in [2.75, 3.05) is 33.4 Å². The molecule has 1 unspecified atom stereocenters. The Morgan fingerprint density at radius 1 is 1.25 bits per heavy atom. The van der Waals surface area contributed by atoms with E-state index >= 15 is 0 Å². The van der Waals surface area contributed by atoms with E-state index in [1.165, 1.54) is 4.90 Å². The normalized spacial score (nSPS) is 21.1. The predicted octanol–water partition coefficient (Wildman–Crippen LogP) is 0.870. The first-order valence-electron chi connectivity index (χ1n) is 8.23. The molecule has 1 atom stereocenters. The Balaban J connectivity index is 1.95. The second kappa shape index (κ2) is 7.15. The fourth-order valence-corrected chi connectivity index (χ4v) is 3.20. The number of ether oxygens (including phenoxy) is 1. The van der Waals surface area contributed by atoms with E-state index in [-0.39, 0.29) is 31.1 Å². The second-order valence-corrected chi connectivity index (χ2v) is 6.09. The maximum atomic E-state index is 12.9. The molecule has 128 valence electrons. The molecule has 0 aromatic heterocycles. The van der Waals surface area contributed by atoms with Crippen LogP contribution in [0.3, 0.4) is 0 Å². The molecule has 6 nitrogen and oxygen atoms in total. The third-order valence-corrected chi connectivity index (χ3v) is 4.43. The van der Waals surface area contributed by atoms with Gasteiger partial charge in [0.25, 0.3) is 11.8 Å². The zero-order valence-electron chi connectivity index (χ0n) is 13.8. The van der Waals surface area contributed by atoms with Gasteiger partial charge in [-0.15, -0.1) is 0 Å². The minimum Gasteiger partial charge on any atom is -0.395 e. The summed E-state index contributed by atoms with van der Waals surface area (Å²) in [4.78, 5) is 28.7. The molecule has 2 aliphatic rings. The van der Waals surface area contributed by atoms with Crippen LogP contribution in [-0.4, -0.2) is 66.2 Å². The van der Waals surface area contributed by atoms with Crippen molar-refractivity contribution in [1.82, 2.24) is 9.80 Å². The summed E-state index contributed by atoms with van der Waals surface area (Å²) < 4.78 is 5.58. The summed E-state index contributed by atoms with van der Waals surface area (Å²) in [6.45, 7) is 1.16. The van der Waals surface area contributed by atoms with Crippen LogP contribution in [0.2, 0.25) is 0 Å². The van der Waals surface area contributed by atoms with Gasteiger partial charge in [-0.25, -0.2) is 0 Å². The van der Waals surface area contributed by atoms with E-state index in [9.17, 15) is 14.7 Å². The van der Waals surface area contributed by atoms with Crippen LogP contribution in [0.5, 0.6) is 0 Å². The van der Waals surface area contributed by atoms with E-state index in [4.69, 9.17) is 4.74 Å². The van der Waals surface area contributed by atoms with E-state index in [1.54, 1.807) is 11.9 Å². The molecular weight excluding hydrogens is 308 g/mol. The number of carbonyl (C=O) groups excluding carboxylic acids is 2. The Labute approximate surface area is 141 Å². The number of aliphatic hydroxyl groups is 1. The van der Waals surface area contributed by atoms with Gasteiger partial charge in [-0.3, -0.25) is 14.5 Å². The molecular formula is C18H22N2O4. The SMILES string of the molecule is CN(CCO)C1=C(c2ccccc2)C(=O)N(CC2CCCO2)C1=O.